The van der Waals surface area contributed by atoms with Crippen LogP contribution in [0.5, 0.6) is 0 Å². The molecule has 0 spiro atoms. The van der Waals surface area contributed by atoms with Crippen LogP contribution in [0.15, 0.2) is 40.6 Å². The summed E-state index contributed by atoms with van der Waals surface area (Å²) in [5, 5.41) is 8.94. The molecule has 0 aliphatic carbocycles. The lowest BCUT2D eigenvalue weighted by Gasteiger charge is -2.03. The van der Waals surface area contributed by atoms with E-state index in [1.54, 1.807) is 30.6 Å². The number of aromatic amines is 1. The van der Waals surface area contributed by atoms with Crippen LogP contribution >= 0.6 is 11.3 Å². The Bertz CT molecular complexity index is 770. The van der Waals surface area contributed by atoms with Crippen LogP contribution < -0.4 is 11.3 Å². The van der Waals surface area contributed by atoms with Gasteiger partial charge in [-0.3, -0.25) is 9.89 Å². The molecule has 0 fully saturated rings. The van der Waals surface area contributed by atoms with E-state index in [-0.39, 0.29) is 5.56 Å². The molecule has 3 aromatic heterocycles. The first kappa shape index (κ1) is 11.7. The number of aromatic nitrogens is 3. The van der Waals surface area contributed by atoms with Gasteiger partial charge in [-0.25, -0.2) is 0 Å². The zero-order valence-corrected chi connectivity index (χ0v) is 11.1. The van der Waals surface area contributed by atoms with Crippen LogP contribution in [0.1, 0.15) is 0 Å². The van der Waals surface area contributed by atoms with Crippen molar-refractivity contribution in [1.82, 2.24) is 14.8 Å². The Morgan fingerprint density at radius 2 is 2.26 bits per heavy atom. The first-order valence-electron chi connectivity index (χ1n) is 5.71. The number of hydrogen-bond donors (Lipinski definition) is 2. The number of rotatable bonds is 2. The van der Waals surface area contributed by atoms with Crippen molar-refractivity contribution in [3.63, 3.8) is 0 Å². The van der Waals surface area contributed by atoms with Gasteiger partial charge in [-0.15, -0.1) is 11.3 Å². The first-order valence-corrected chi connectivity index (χ1v) is 6.59. The number of nitrogen functional groups attached to an aromatic ring is 1. The molecular weight excluding hydrogens is 260 g/mol. The number of nitrogens with zero attached hydrogens (tertiary/aromatic N) is 2. The number of nitrogens with two attached hydrogens (primary N) is 1. The lowest BCUT2D eigenvalue weighted by molar-refractivity contribution is 0.861. The number of nitrogens with one attached hydrogen (secondary N) is 1. The molecule has 0 saturated heterocycles. The molecule has 0 aliphatic heterocycles. The second-order valence-electron chi connectivity index (χ2n) is 4.20. The Balaban J connectivity index is 2.21. The zero-order valence-electron chi connectivity index (χ0n) is 10.3. The molecule has 3 aromatic rings. The fourth-order valence-corrected chi connectivity index (χ4v) is 2.72. The summed E-state index contributed by atoms with van der Waals surface area (Å²) in [5.74, 6) is 0.443. The zero-order chi connectivity index (χ0) is 13.4. The standard InChI is InChI=1S/C13H12N4OS/c1-17-5-4-8(7-10(17)18)12-11(13(14)16-15-12)9-3-2-6-19-9/h2-7H,1H3,(H3,14,15,16). The van der Waals surface area contributed by atoms with Gasteiger partial charge in [0.15, 0.2) is 5.82 Å². The molecule has 3 heterocycles. The van der Waals surface area contributed by atoms with E-state index in [2.05, 4.69) is 10.2 Å². The van der Waals surface area contributed by atoms with Gasteiger partial charge in [0.2, 0.25) is 0 Å². The molecule has 19 heavy (non-hydrogen) atoms. The first-order chi connectivity index (χ1) is 9.16. The molecule has 0 amide bonds. The molecular formula is C13H12N4OS. The third kappa shape index (κ3) is 1.96. The summed E-state index contributed by atoms with van der Waals surface area (Å²) in [7, 11) is 1.72. The van der Waals surface area contributed by atoms with Gasteiger partial charge < -0.3 is 10.3 Å². The van der Waals surface area contributed by atoms with Gasteiger partial charge in [0.05, 0.1) is 11.3 Å². The average Bonchev–Trinajstić information content (AvgIpc) is 3.01. The maximum Gasteiger partial charge on any atom is 0.250 e. The van der Waals surface area contributed by atoms with Crippen molar-refractivity contribution in [3.05, 3.63) is 46.2 Å². The largest absolute Gasteiger partial charge is 0.382 e. The van der Waals surface area contributed by atoms with Crippen LogP contribution in [0.4, 0.5) is 5.82 Å². The molecule has 0 aliphatic rings. The molecule has 96 valence electrons. The number of hydrogen-bond acceptors (Lipinski definition) is 4. The Morgan fingerprint density at radius 1 is 1.42 bits per heavy atom. The quantitative estimate of drug-likeness (QED) is 0.750. The Morgan fingerprint density at radius 3 is 2.95 bits per heavy atom. The highest BCUT2D eigenvalue weighted by atomic mass is 32.1. The third-order valence-corrected chi connectivity index (χ3v) is 3.84. The predicted octanol–water partition coefficient (Wildman–Crippen LogP) is 2.09. The van der Waals surface area contributed by atoms with Gasteiger partial charge in [0.25, 0.3) is 5.56 Å². The highest BCUT2D eigenvalue weighted by Crippen LogP contribution is 2.36. The number of pyridine rings is 1. The maximum atomic E-state index is 11.7. The molecule has 3 rings (SSSR count). The second-order valence-corrected chi connectivity index (χ2v) is 5.15. The maximum absolute atomic E-state index is 11.7. The van der Waals surface area contributed by atoms with Crippen LogP contribution in [0, 0.1) is 0 Å². The van der Waals surface area contributed by atoms with Crippen molar-refractivity contribution in [2.45, 2.75) is 0 Å². The summed E-state index contributed by atoms with van der Waals surface area (Å²) in [5.41, 5.74) is 8.27. The van der Waals surface area contributed by atoms with E-state index in [1.165, 1.54) is 4.57 Å². The summed E-state index contributed by atoms with van der Waals surface area (Å²) in [6, 6.07) is 7.38. The van der Waals surface area contributed by atoms with Gasteiger partial charge in [-0.05, 0) is 17.5 Å². The molecule has 0 saturated carbocycles. The predicted molar refractivity (Wildman–Crippen MR) is 77.0 cm³/mol. The number of anilines is 1. The van der Waals surface area contributed by atoms with Crippen molar-refractivity contribution in [3.8, 4) is 21.7 Å². The smallest absolute Gasteiger partial charge is 0.250 e. The summed E-state index contributed by atoms with van der Waals surface area (Å²) in [6.07, 6.45) is 1.73. The van der Waals surface area contributed by atoms with Gasteiger partial charge in [0.1, 0.15) is 0 Å². The van der Waals surface area contributed by atoms with Crippen molar-refractivity contribution >= 4 is 17.2 Å². The minimum atomic E-state index is -0.0669. The average molecular weight is 272 g/mol. The lowest BCUT2D eigenvalue weighted by Crippen LogP contribution is -2.14. The molecule has 3 N–H and O–H groups in total. The van der Waals surface area contributed by atoms with Crippen LogP contribution in [0.25, 0.3) is 21.7 Å². The normalized spacial score (nSPS) is 10.8. The van der Waals surface area contributed by atoms with Crippen LogP contribution in [0.3, 0.4) is 0 Å². The monoisotopic (exact) mass is 272 g/mol. The van der Waals surface area contributed by atoms with E-state index >= 15 is 0 Å². The Labute approximate surface area is 113 Å². The molecule has 0 bridgehead atoms. The molecule has 0 aromatic carbocycles. The van der Waals surface area contributed by atoms with E-state index in [0.717, 1.165) is 21.7 Å². The topological polar surface area (TPSA) is 76.7 Å². The Kier molecular flexibility index (Phi) is 2.72. The van der Waals surface area contributed by atoms with E-state index in [1.807, 2.05) is 23.6 Å². The molecule has 0 atom stereocenters. The minimum absolute atomic E-state index is 0.0669. The van der Waals surface area contributed by atoms with E-state index < -0.39 is 0 Å². The summed E-state index contributed by atoms with van der Waals surface area (Å²) < 4.78 is 1.52. The van der Waals surface area contributed by atoms with Crippen molar-refractivity contribution < 1.29 is 0 Å². The lowest BCUT2D eigenvalue weighted by atomic mass is 10.1. The van der Waals surface area contributed by atoms with Crippen molar-refractivity contribution in [1.29, 1.82) is 0 Å². The number of thiophene rings is 1. The fourth-order valence-electron chi connectivity index (χ4n) is 1.94. The van der Waals surface area contributed by atoms with Gasteiger partial charge in [0, 0.05) is 29.8 Å². The minimum Gasteiger partial charge on any atom is -0.382 e. The SMILES string of the molecule is Cn1ccc(-c2[nH]nc(N)c2-c2cccs2)cc1=O. The van der Waals surface area contributed by atoms with Gasteiger partial charge in [-0.1, -0.05) is 6.07 Å². The summed E-state index contributed by atoms with van der Waals surface area (Å²) >= 11 is 1.59. The molecule has 0 unspecified atom stereocenters. The van der Waals surface area contributed by atoms with Crippen molar-refractivity contribution in [2.75, 3.05) is 5.73 Å². The van der Waals surface area contributed by atoms with E-state index in [9.17, 15) is 4.79 Å². The fraction of sp³-hybridized carbons (Fsp3) is 0.0769. The van der Waals surface area contributed by atoms with Gasteiger partial charge in [-0.2, -0.15) is 5.10 Å². The van der Waals surface area contributed by atoms with Crippen LogP contribution in [0.2, 0.25) is 0 Å². The third-order valence-electron chi connectivity index (χ3n) is 2.95. The van der Waals surface area contributed by atoms with E-state index in [0.29, 0.717) is 5.82 Å². The van der Waals surface area contributed by atoms with Crippen LogP contribution in [-0.4, -0.2) is 14.8 Å². The van der Waals surface area contributed by atoms with Gasteiger partial charge >= 0.3 is 0 Å². The number of aryl methyl sites for hydroxylation is 1. The highest BCUT2D eigenvalue weighted by molar-refractivity contribution is 7.13. The molecule has 6 heteroatoms. The van der Waals surface area contributed by atoms with Crippen molar-refractivity contribution in [2.24, 2.45) is 7.05 Å². The molecule has 5 nitrogen and oxygen atoms in total. The highest BCUT2D eigenvalue weighted by Gasteiger charge is 2.15. The second kappa shape index (κ2) is 4.40. The Hall–Kier alpha value is -2.34. The summed E-state index contributed by atoms with van der Waals surface area (Å²) in [6.45, 7) is 0. The number of H-pyrrole nitrogens is 1. The summed E-state index contributed by atoms with van der Waals surface area (Å²) in [4.78, 5) is 12.7. The van der Waals surface area contributed by atoms with E-state index in [4.69, 9.17) is 5.73 Å². The van der Waals surface area contributed by atoms with Crippen LogP contribution in [-0.2, 0) is 7.05 Å². The molecule has 0 radical (unpaired) electrons.